The van der Waals surface area contributed by atoms with Gasteiger partial charge in [-0.15, -0.1) is 0 Å². The van der Waals surface area contributed by atoms with Crippen LogP contribution in [-0.4, -0.2) is 18.6 Å². The summed E-state index contributed by atoms with van der Waals surface area (Å²) >= 11 is 0. The maximum absolute atomic E-state index is 5.18. The van der Waals surface area contributed by atoms with Crippen LogP contribution in [0, 0.1) is 0 Å². The summed E-state index contributed by atoms with van der Waals surface area (Å²) < 4.78 is 5.18. The highest BCUT2D eigenvalue weighted by atomic mass is 16.5. The summed E-state index contributed by atoms with van der Waals surface area (Å²) in [5, 5.41) is 4.61. The Morgan fingerprint density at radius 3 is 2.68 bits per heavy atom. The largest absolute Gasteiger partial charge is 0.385 e. The van der Waals surface area contributed by atoms with Crippen LogP contribution < -0.4 is 5.32 Å². The Labute approximate surface area is 115 Å². The zero-order valence-electron chi connectivity index (χ0n) is 12.2. The van der Waals surface area contributed by atoms with E-state index in [1.165, 1.54) is 10.9 Å². The van der Waals surface area contributed by atoms with Crippen LogP contribution in [0.3, 0.4) is 0 Å². The van der Waals surface area contributed by atoms with Crippen molar-refractivity contribution >= 4 is 16.6 Å². The van der Waals surface area contributed by atoms with Crippen molar-refractivity contribution in [3.8, 4) is 0 Å². The van der Waals surface area contributed by atoms with Crippen molar-refractivity contribution < 1.29 is 4.74 Å². The number of anilines is 1. The summed E-state index contributed by atoms with van der Waals surface area (Å²) in [6, 6.07) is 8.58. The molecule has 2 aromatic rings. The molecule has 0 unspecified atom stereocenters. The number of nitrogens with zero attached hydrogens (tertiary/aromatic N) is 1. The SMILES string of the molecule is CCNc1cc(COC)nc2ccc(C(C)C)cc12. The number of rotatable bonds is 5. The fraction of sp³-hybridized carbons (Fsp3) is 0.438. The van der Waals surface area contributed by atoms with Crippen LogP contribution in [0.2, 0.25) is 0 Å². The molecule has 0 aliphatic heterocycles. The molecule has 1 heterocycles. The van der Waals surface area contributed by atoms with Gasteiger partial charge in [-0.3, -0.25) is 4.98 Å². The molecule has 0 fully saturated rings. The van der Waals surface area contributed by atoms with E-state index in [2.05, 4.69) is 55.3 Å². The molecule has 3 nitrogen and oxygen atoms in total. The fourth-order valence-corrected chi connectivity index (χ4v) is 2.22. The summed E-state index contributed by atoms with van der Waals surface area (Å²) in [6.45, 7) is 7.97. The van der Waals surface area contributed by atoms with E-state index in [1.807, 2.05) is 0 Å². The Morgan fingerprint density at radius 1 is 1.26 bits per heavy atom. The molecule has 0 amide bonds. The quantitative estimate of drug-likeness (QED) is 0.882. The molecule has 0 atom stereocenters. The van der Waals surface area contributed by atoms with Gasteiger partial charge in [-0.2, -0.15) is 0 Å². The van der Waals surface area contributed by atoms with Crippen molar-refractivity contribution in [3.63, 3.8) is 0 Å². The Balaban J connectivity index is 2.57. The predicted molar refractivity (Wildman–Crippen MR) is 80.7 cm³/mol. The topological polar surface area (TPSA) is 34.1 Å². The number of hydrogen-bond acceptors (Lipinski definition) is 3. The van der Waals surface area contributed by atoms with Gasteiger partial charge < -0.3 is 10.1 Å². The first kappa shape index (κ1) is 13.8. The number of nitrogens with one attached hydrogen (secondary N) is 1. The lowest BCUT2D eigenvalue weighted by Gasteiger charge is -2.13. The summed E-state index contributed by atoms with van der Waals surface area (Å²) in [7, 11) is 1.70. The molecule has 0 saturated carbocycles. The van der Waals surface area contributed by atoms with Gasteiger partial charge in [0.25, 0.3) is 0 Å². The van der Waals surface area contributed by atoms with Crippen LogP contribution in [-0.2, 0) is 11.3 Å². The molecular formula is C16H22N2O. The third-order valence-electron chi connectivity index (χ3n) is 3.21. The van der Waals surface area contributed by atoms with E-state index in [0.29, 0.717) is 12.5 Å². The van der Waals surface area contributed by atoms with Gasteiger partial charge >= 0.3 is 0 Å². The van der Waals surface area contributed by atoms with E-state index in [4.69, 9.17) is 4.74 Å². The zero-order valence-corrected chi connectivity index (χ0v) is 12.2. The van der Waals surface area contributed by atoms with Crippen LogP contribution in [0.5, 0.6) is 0 Å². The summed E-state index contributed by atoms with van der Waals surface area (Å²) in [5.41, 5.74) is 4.47. The van der Waals surface area contributed by atoms with Crippen LogP contribution in [0.1, 0.15) is 37.9 Å². The third-order valence-corrected chi connectivity index (χ3v) is 3.21. The second-order valence-electron chi connectivity index (χ2n) is 5.06. The Hall–Kier alpha value is -1.61. The normalized spacial score (nSPS) is 11.2. The van der Waals surface area contributed by atoms with Crippen LogP contribution in [0.15, 0.2) is 24.3 Å². The van der Waals surface area contributed by atoms with Crippen molar-refractivity contribution in [1.82, 2.24) is 4.98 Å². The van der Waals surface area contributed by atoms with Crippen molar-refractivity contribution in [2.75, 3.05) is 19.0 Å². The third kappa shape index (κ3) is 3.04. The molecule has 102 valence electrons. The minimum atomic E-state index is 0.525. The van der Waals surface area contributed by atoms with Gasteiger partial charge in [0.05, 0.1) is 17.8 Å². The molecule has 3 heteroatoms. The summed E-state index contributed by atoms with van der Waals surface area (Å²) in [4.78, 5) is 4.64. The van der Waals surface area contributed by atoms with E-state index in [-0.39, 0.29) is 0 Å². The average Bonchev–Trinajstić information content (AvgIpc) is 2.39. The second-order valence-corrected chi connectivity index (χ2v) is 5.06. The van der Waals surface area contributed by atoms with Crippen LogP contribution in [0.25, 0.3) is 10.9 Å². The molecule has 0 bridgehead atoms. The highest BCUT2D eigenvalue weighted by molar-refractivity contribution is 5.92. The van der Waals surface area contributed by atoms with Gasteiger partial charge in [-0.25, -0.2) is 0 Å². The monoisotopic (exact) mass is 258 g/mol. The van der Waals surface area contributed by atoms with Crippen molar-refractivity contribution in [1.29, 1.82) is 0 Å². The zero-order chi connectivity index (χ0) is 13.8. The first-order valence-corrected chi connectivity index (χ1v) is 6.82. The number of ether oxygens (including phenoxy) is 1. The number of benzene rings is 1. The molecule has 2 rings (SSSR count). The lowest BCUT2D eigenvalue weighted by Crippen LogP contribution is -2.02. The molecule has 0 saturated heterocycles. The Kier molecular flexibility index (Phi) is 4.38. The highest BCUT2D eigenvalue weighted by Crippen LogP contribution is 2.27. The number of hydrogen-bond donors (Lipinski definition) is 1. The lowest BCUT2D eigenvalue weighted by atomic mass is 10.00. The van der Waals surface area contributed by atoms with E-state index >= 15 is 0 Å². The van der Waals surface area contributed by atoms with E-state index < -0.39 is 0 Å². The summed E-state index contributed by atoms with van der Waals surface area (Å²) in [6.07, 6.45) is 0. The van der Waals surface area contributed by atoms with Gasteiger partial charge in [0.1, 0.15) is 0 Å². The molecule has 1 N–H and O–H groups in total. The maximum Gasteiger partial charge on any atom is 0.0885 e. The van der Waals surface area contributed by atoms with Crippen LogP contribution in [0.4, 0.5) is 5.69 Å². The predicted octanol–water partition coefficient (Wildman–Crippen LogP) is 3.94. The number of fused-ring (bicyclic) bond motifs is 1. The fourth-order valence-electron chi connectivity index (χ4n) is 2.22. The molecular weight excluding hydrogens is 236 g/mol. The van der Waals surface area contributed by atoms with Gasteiger partial charge in [0.2, 0.25) is 0 Å². The second kappa shape index (κ2) is 6.02. The Bertz CT molecular complexity index is 564. The van der Waals surface area contributed by atoms with Gasteiger partial charge in [-0.05, 0) is 36.6 Å². The maximum atomic E-state index is 5.18. The molecule has 0 aliphatic rings. The van der Waals surface area contributed by atoms with Crippen molar-refractivity contribution in [2.45, 2.75) is 33.3 Å². The Morgan fingerprint density at radius 2 is 2.05 bits per heavy atom. The molecule has 19 heavy (non-hydrogen) atoms. The minimum absolute atomic E-state index is 0.525. The smallest absolute Gasteiger partial charge is 0.0885 e. The van der Waals surface area contributed by atoms with E-state index in [1.54, 1.807) is 7.11 Å². The first-order valence-electron chi connectivity index (χ1n) is 6.82. The number of methoxy groups -OCH3 is 1. The first-order chi connectivity index (χ1) is 9.15. The molecule has 0 aliphatic carbocycles. The molecule has 0 spiro atoms. The van der Waals surface area contributed by atoms with E-state index in [9.17, 15) is 0 Å². The highest BCUT2D eigenvalue weighted by Gasteiger charge is 2.08. The van der Waals surface area contributed by atoms with Gasteiger partial charge in [0.15, 0.2) is 0 Å². The van der Waals surface area contributed by atoms with E-state index in [0.717, 1.165) is 23.4 Å². The lowest BCUT2D eigenvalue weighted by molar-refractivity contribution is 0.182. The minimum Gasteiger partial charge on any atom is -0.385 e. The van der Waals surface area contributed by atoms with Gasteiger partial charge in [-0.1, -0.05) is 19.9 Å². The van der Waals surface area contributed by atoms with Gasteiger partial charge in [0, 0.05) is 24.7 Å². The standard InChI is InChI=1S/C16H22N2O/c1-5-17-16-9-13(10-19-4)18-15-7-6-12(11(2)3)8-14(15)16/h6-9,11H,5,10H2,1-4H3,(H,17,18). The molecule has 1 aromatic heterocycles. The average molecular weight is 258 g/mol. The summed E-state index contributed by atoms with van der Waals surface area (Å²) in [5.74, 6) is 0.525. The molecule has 1 aromatic carbocycles. The van der Waals surface area contributed by atoms with Crippen LogP contribution >= 0.6 is 0 Å². The number of aromatic nitrogens is 1. The molecule has 0 radical (unpaired) electrons. The van der Waals surface area contributed by atoms with Crippen molar-refractivity contribution in [3.05, 3.63) is 35.5 Å². The number of pyridine rings is 1. The van der Waals surface area contributed by atoms with Crippen molar-refractivity contribution in [2.24, 2.45) is 0 Å².